The normalized spacial score (nSPS) is 12.0. The number of ether oxygens (including phenoxy) is 2. The van der Waals surface area contributed by atoms with Gasteiger partial charge in [-0.1, -0.05) is 26.8 Å². The molecule has 3 heterocycles. The Kier molecular flexibility index (Phi) is 5.26. The molecule has 3 aromatic heterocycles. The number of benzene rings is 1. The molecule has 4 rings (SSSR count). The van der Waals surface area contributed by atoms with Gasteiger partial charge >= 0.3 is 0 Å². The van der Waals surface area contributed by atoms with Gasteiger partial charge < -0.3 is 15.2 Å². The number of hydrogen-bond donors (Lipinski definition) is 1. The first-order valence-electron chi connectivity index (χ1n) is 9.85. The monoisotopic (exact) mass is 406 g/mol. The average Bonchev–Trinajstić information content (AvgIpc) is 3.06. The van der Waals surface area contributed by atoms with Crippen molar-refractivity contribution < 1.29 is 9.47 Å². The molecule has 0 saturated carbocycles. The van der Waals surface area contributed by atoms with Gasteiger partial charge in [0.25, 0.3) is 0 Å². The van der Waals surface area contributed by atoms with Crippen LogP contribution in [0.1, 0.15) is 20.8 Å². The Morgan fingerprint density at radius 1 is 1.07 bits per heavy atom. The van der Waals surface area contributed by atoms with Gasteiger partial charge in [0, 0.05) is 30.7 Å². The second-order valence-electron chi connectivity index (χ2n) is 8.42. The lowest BCUT2D eigenvalue weighted by Gasteiger charge is -2.18. The van der Waals surface area contributed by atoms with Gasteiger partial charge in [0.1, 0.15) is 24.4 Å². The Morgan fingerprint density at radius 3 is 2.67 bits per heavy atom. The third kappa shape index (κ3) is 4.04. The summed E-state index contributed by atoms with van der Waals surface area (Å²) in [5.74, 6) is 1.00. The molecular formula is C22H26N6O2. The molecule has 4 aromatic rings. The van der Waals surface area contributed by atoms with Crippen LogP contribution in [0.25, 0.3) is 33.2 Å². The Balaban J connectivity index is 1.77. The van der Waals surface area contributed by atoms with Crippen LogP contribution in [0.3, 0.4) is 0 Å². The van der Waals surface area contributed by atoms with Crippen LogP contribution >= 0.6 is 0 Å². The van der Waals surface area contributed by atoms with Crippen LogP contribution < -0.4 is 10.5 Å². The average molecular weight is 406 g/mol. The fraction of sp³-hybridized carbons (Fsp3) is 0.364. The van der Waals surface area contributed by atoms with Gasteiger partial charge in [-0.15, -0.1) is 0 Å². The van der Waals surface area contributed by atoms with Gasteiger partial charge in [-0.05, 0) is 23.6 Å². The van der Waals surface area contributed by atoms with E-state index in [0.29, 0.717) is 24.9 Å². The van der Waals surface area contributed by atoms with Gasteiger partial charge in [-0.2, -0.15) is 5.10 Å². The lowest BCUT2D eigenvalue weighted by molar-refractivity contribution is 0.144. The highest BCUT2D eigenvalue weighted by Gasteiger charge is 2.21. The molecule has 0 saturated heterocycles. The molecule has 30 heavy (non-hydrogen) atoms. The van der Waals surface area contributed by atoms with E-state index < -0.39 is 0 Å². The molecule has 0 amide bonds. The van der Waals surface area contributed by atoms with Gasteiger partial charge in [-0.3, -0.25) is 0 Å². The Morgan fingerprint density at radius 2 is 1.90 bits per heavy atom. The van der Waals surface area contributed by atoms with Crippen molar-refractivity contribution in [1.29, 1.82) is 0 Å². The van der Waals surface area contributed by atoms with E-state index >= 15 is 0 Å². The number of anilines is 1. The zero-order valence-corrected chi connectivity index (χ0v) is 17.7. The number of nitrogens with two attached hydrogens (primary N) is 1. The highest BCUT2D eigenvalue weighted by atomic mass is 16.5. The minimum atomic E-state index is 0.0441. The first kappa shape index (κ1) is 20.0. The lowest BCUT2D eigenvalue weighted by Crippen LogP contribution is -2.16. The minimum absolute atomic E-state index is 0.0441. The molecule has 8 heteroatoms. The van der Waals surface area contributed by atoms with Crippen molar-refractivity contribution in [3.63, 3.8) is 0 Å². The SMILES string of the molecule is COCCOc1ccc2cc(-c3nn(CC(C)(C)C)c4ncnc(N)c34)ccc2n1. The summed E-state index contributed by atoms with van der Waals surface area (Å²) in [4.78, 5) is 13.2. The lowest BCUT2D eigenvalue weighted by atomic mass is 9.97. The molecule has 8 nitrogen and oxygen atoms in total. The summed E-state index contributed by atoms with van der Waals surface area (Å²) < 4.78 is 12.5. The summed E-state index contributed by atoms with van der Waals surface area (Å²) in [5.41, 5.74) is 9.56. The predicted octanol–water partition coefficient (Wildman–Crippen LogP) is 3.70. The van der Waals surface area contributed by atoms with E-state index in [-0.39, 0.29) is 5.41 Å². The van der Waals surface area contributed by atoms with Gasteiger partial charge in [-0.25, -0.2) is 19.6 Å². The first-order chi connectivity index (χ1) is 14.4. The number of pyridine rings is 1. The second kappa shape index (κ2) is 7.87. The van der Waals surface area contributed by atoms with Crippen molar-refractivity contribution in [3.8, 4) is 17.1 Å². The van der Waals surface area contributed by atoms with Crippen LogP contribution in [-0.2, 0) is 11.3 Å². The zero-order valence-electron chi connectivity index (χ0n) is 17.7. The maximum Gasteiger partial charge on any atom is 0.213 e. The third-order valence-corrected chi connectivity index (χ3v) is 4.66. The van der Waals surface area contributed by atoms with E-state index in [2.05, 4.69) is 41.8 Å². The Bertz CT molecular complexity index is 1200. The maximum absolute atomic E-state index is 6.22. The van der Waals surface area contributed by atoms with E-state index in [1.807, 2.05) is 28.9 Å². The summed E-state index contributed by atoms with van der Waals surface area (Å²) in [5, 5.41) is 6.61. The van der Waals surface area contributed by atoms with E-state index in [4.69, 9.17) is 20.3 Å². The predicted molar refractivity (Wildman–Crippen MR) is 117 cm³/mol. The summed E-state index contributed by atoms with van der Waals surface area (Å²) >= 11 is 0. The minimum Gasteiger partial charge on any atom is -0.475 e. The molecule has 1 aromatic carbocycles. The fourth-order valence-corrected chi connectivity index (χ4v) is 3.36. The van der Waals surface area contributed by atoms with Crippen molar-refractivity contribution in [2.75, 3.05) is 26.1 Å². The smallest absolute Gasteiger partial charge is 0.213 e. The molecular weight excluding hydrogens is 380 g/mol. The highest BCUT2D eigenvalue weighted by molar-refractivity contribution is 5.99. The van der Waals surface area contributed by atoms with Crippen LogP contribution in [0.2, 0.25) is 0 Å². The Hall–Kier alpha value is -3.26. The van der Waals surface area contributed by atoms with Crippen LogP contribution in [-0.4, -0.2) is 45.1 Å². The number of aromatic nitrogens is 5. The molecule has 0 unspecified atom stereocenters. The quantitative estimate of drug-likeness (QED) is 0.487. The number of fused-ring (bicyclic) bond motifs is 2. The Labute approximate surface area is 175 Å². The molecule has 0 spiro atoms. The number of methoxy groups -OCH3 is 1. The van der Waals surface area contributed by atoms with Crippen LogP contribution in [0.15, 0.2) is 36.7 Å². The number of hydrogen-bond acceptors (Lipinski definition) is 7. The molecule has 0 fully saturated rings. The number of rotatable bonds is 6. The van der Waals surface area contributed by atoms with Crippen molar-refractivity contribution in [2.45, 2.75) is 27.3 Å². The molecule has 0 aliphatic heterocycles. The van der Waals surface area contributed by atoms with Crippen molar-refractivity contribution in [3.05, 3.63) is 36.7 Å². The van der Waals surface area contributed by atoms with Crippen LogP contribution in [0.5, 0.6) is 5.88 Å². The van der Waals surface area contributed by atoms with Crippen LogP contribution in [0.4, 0.5) is 5.82 Å². The molecule has 0 bridgehead atoms. The first-order valence-corrected chi connectivity index (χ1v) is 9.85. The fourth-order valence-electron chi connectivity index (χ4n) is 3.36. The summed E-state index contributed by atoms with van der Waals surface area (Å²) in [6, 6.07) is 9.85. The maximum atomic E-state index is 6.22. The zero-order chi connectivity index (χ0) is 21.3. The van der Waals surface area contributed by atoms with Crippen molar-refractivity contribution >= 4 is 27.8 Å². The van der Waals surface area contributed by atoms with E-state index in [9.17, 15) is 0 Å². The van der Waals surface area contributed by atoms with Gasteiger partial charge in [0.15, 0.2) is 5.65 Å². The standard InChI is InChI=1S/C22H26N6O2/c1-22(2,3)12-28-21-18(20(23)24-13-25-21)19(27-28)15-5-7-16-14(11-15)6-8-17(26-16)30-10-9-29-4/h5-8,11,13H,9-10,12H2,1-4H3,(H2,23,24,25). The molecule has 2 N–H and O–H groups in total. The van der Waals surface area contributed by atoms with E-state index in [1.54, 1.807) is 7.11 Å². The third-order valence-electron chi connectivity index (χ3n) is 4.66. The summed E-state index contributed by atoms with van der Waals surface area (Å²) in [7, 11) is 1.64. The molecule has 0 aliphatic carbocycles. The molecule has 0 radical (unpaired) electrons. The number of nitrogens with zero attached hydrogens (tertiary/aromatic N) is 5. The van der Waals surface area contributed by atoms with Crippen molar-refractivity contribution in [2.24, 2.45) is 5.41 Å². The van der Waals surface area contributed by atoms with Gasteiger partial charge in [0.05, 0.1) is 17.5 Å². The molecule has 0 aliphatic rings. The largest absolute Gasteiger partial charge is 0.475 e. The second-order valence-corrected chi connectivity index (χ2v) is 8.42. The number of nitrogen functional groups attached to an aromatic ring is 1. The van der Waals surface area contributed by atoms with Crippen molar-refractivity contribution in [1.82, 2.24) is 24.7 Å². The summed E-state index contributed by atoms with van der Waals surface area (Å²) in [6.07, 6.45) is 1.48. The molecule has 156 valence electrons. The van der Waals surface area contributed by atoms with Gasteiger partial charge in [0.2, 0.25) is 5.88 Å². The topological polar surface area (TPSA) is 101 Å². The van der Waals surface area contributed by atoms with E-state index in [0.717, 1.165) is 39.7 Å². The van der Waals surface area contributed by atoms with Crippen LogP contribution in [0, 0.1) is 5.41 Å². The molecule has 0 atom stereocenters. The highest BCUT2D eigenvalue weighted by Crippen LogP contribution is 2.33. The summed E-state index contributed by atoms with van der Waals surface area (Å²) in [6.45, 7) is 8.20. The van der Waals surface area contributed by atoms with E-state index in [1.165, 1.54) is 6.33 Å².